The van der Waals surface area contributed by atoms with Crippen LogP contribution in [0.4, 0.5) is 0 Å². The molecule has 0 aromatic heterocycles. The van der Waals surface area contributed by atoms with Gasteiger partial charge >= 0.3 is 33.6 Å². The van der Waals surface area contributed by atoms with Crippen LogP contribution in [-0.2, 0) is 42.7 Å². The molecule has 0 aromatic carbocycles. The smallest absolute Gasteiger partial charge is 0.822 e. The molecule has 2 radical (unpaired) electrons. The first-order valence-electron chi connectivity index (χ1n) is 1.46. The third kappa shape index (κ3) is 774. The third-order valence-corrected chi connectivity index (χ3v) is 0. The predicted molar refractivity (Wildman–Crippen MR) is 15.2 cm³/mol. The van der Waals surface area contributed by atoms with E-state index in [9.17, 15) is 0 Å². The topological polar surface area (TPSA) is 172 Å². The Bertz CT molecular complexity index is 127. The quantitative estimate of drug-likeness (QED) is 0.398. The van der Waals surface area contributed by atoms with Crippen LogP contribution in [0, 0.1) is 0 Å². The van der Waals surface area contributed by atoms with Crippen molar-refractivity contribution < 1.29 is 72.0 Å². The number of phosphoric acid groups is 2. The summed E-state index contributed by atoms with van der Waals surface area (Å²) >= 11 is 0. The molecule has 8 nitrogen and oxygen atoms in total. The van der Waals surface area contributed by atoms with E-state index in [1.807, 2.05) is 0 Å². The van der Waals surface area contributed by atoms with Gasteiger partial charge in [0.1, 0.15) is 0 Å². The first-order chi connectivity index (χ1) is 4.00. The van der Waals surface area contributed by atoms with Crippen molar-refractivity contribution in [1.29, 1.82) is 0 Å². The molecule has 0 unspecified atom stereocenters. The Hall–Kier alpha value is 1.23. The first kappa shape index (κ1) is 23.2. The minimum Gasteiger partial charge on any atom is -0.822 e. The third-order valence-electron chi connectivity index (χ3n) is 0. The van der Waals surface area contributed by atoms with Gasteiger partial charge in [-0.25, -0.2) is 0 Å². The molecule has 0 aliphatic heterocycles. The van der Waals surface area contributed by atoms with Gasteiger partial charge < -0.3 is 38.5 Å². The Labute approximate surface area is 87.9 Å². The zero-order chi connectivity index (χ0) is 9.00. The second-order valence-electron chi connectivity index (χ2n) is 0.894. The van der Waals surface area contributed by atoms with Crippen molar-refractivity contribution in [3.05, 3.63) is 0 Å². The van der Waals surface area contributed by atoms with Gasteiger partial charge in [-0.2, -0.15) is 15.6 Å². The summed E-state index contributed by atoms with van der Waals surface area (Å²) in [7, 11) is -10.8. The van der Waals surface area contributed by atoms with Crippen LogP contribution in [0.5, 0.6) is 0 Å². The summed E-state index contributed by atoms with van der Waals surface area (Å²) in [5.74, 6) is 0. The Balaban J connectivity index is -0.0000000457. The van der Waals surface area contributed by atoms with Crippen LogP contribution in [0.15, 0.2) is 0 Å². The first-order valence-corrected chi connectivity index (χ1v) is 4.38. The molecule has 0 saturated heterocycles. The molecule has 12 heavy (non-hydrogen) atoms. The molecule has 0 aliphatic carbocycles. The van der Waals surface area contributed by atoms with E-state index in [-0.39, 0.29) is 33.6 Å². The molecule has 0 fully saturated rings. The van der Waals surface area contributed by atoms with E-state index < -0.39 is 15.6 Å². The van der Waals surface area contributed by atoms with Gasteiger partial charge in [-0.1, -0.05) is 0 Å². The van der Waals surface area contributed by atoms with E-state index in [4.69, 9.17) is 38.5 Å². The van der Waals surface area contributed by atoms with E-state index in [2.05, 4.69) is 0 Å². The molecular weight excluding hydrogens is 308 g/mol. The fourth-order valence-corrected chi connectivity index (χ4v) is 0. The fraction of sp³-hybridized carbons (Fsp3) is 0. The van der Waals surface area contributed by atoms with E-state index in [0.717, 1.165) is 0 Å². The van der Waals surface area contributed by atoms with Crippen LogP contribution in [0.3, 0.4) is 0 Å². The van der Waals surface area contributed by atoms with Crippen molar-refractivity contribution in [2.75, 3.05) is 0 Å². The summed E-state index contributed by atoms with van der Waals surface area (Å²) in [4.78, 5) is 51.3. The molecule has 0 aliphatic rings. The van der Waals surface area contributed by atoms with Gasteiger partial charge in [-0.15, -0.1) is 0 Å². The average molecular weight is 308 g/mol. The number of rotatable bonds is 0. The summed E-state index contributed by atoms with van der Waals surface area (Å²) in [6, 6.07) is 0. The van der Waals surface area contributed by atoms with Crippen LogP contribution in [-0.4, -0.2) is 0 Å². The molecule has 0 atom stereocenters. The van der Waals surface area contributed by atoms with Gasteiger partial charge in [0.15, 0.2) is 0 Å². The minimum atomic E-state index is -5.39. The van der Waals surface area contributed by atoms with Gasteiger partial charge in [0, 0.05) is 0 Å². The maximum absolute atomic E-state index is 8.55. The molecule has 0 bridgehead atoms. The minimum absolute atomic E-state index is 0. The van der Waals surface area contributed by atoms with Crippen molar-refractivity contribution in [2.24, 2.45) is 0 Å². The maximum atomic E-state index is 8.55. The van der Waals surface area contributed by atoms with Crippen molar-refractivity contribution in [1.82, 2.24) is 0 Å². The second-order valence-corrected chi connectivity index (χ2v) is 2.68. The molecule has 0 N–H and O–H groups in total. The average Bonchev–Trinajstić information content (AvgIpc) is 1.12. The molecule has 78 valence electrons. The zero-order valence-corrected chi connectivity index (χ0v) is 8.70. The normalized spacial score (nSPS) is 9.83. The van der Waals surface area contributed by atoms with E-state index in [0.29, 0.717) is 0 Å². The Kier molecular flexibility index (Phi) is 17.1. The van der Waals surface area contributed by atoms with Crippen molar-refractivity contribution in [3.63, 3.8) is 0 Å². The van der Waals surface area contributed by atoms with Gasteiger partial charge in [-0.3, -0.25) is 0 Å². The van der Waals surface area contributed by atoms with Gasteiger partial charge in [0.25, 0.3) is 0 Å². The van der Waals surface area contributed by atoms with E-state index in [1.54, 1.807) is 0 Å². The molecule has 12 heteroatoms. The van der Waals surface area contributed by atoms with E-state index >= 15 is 0 Å². The van der Waals surface area contributed by atoms with Crippen molar-refractivity contribution in [3.8, 4) is 0 Å². The molecule has 0 heterocycles. The Morgan fingerprint density at radius 2 is 0.583 bits per heavy atom. The molecule has 0 rings (SSSR count). The van der Waals surface area contributed by atoms with Crippen LogP contribution in [0.1, 0.15) is 0 Å². The summed E-state index contributed by atoms with van der Waals surface area (Å²) < 4.78 is 17.1. The van der Waals surface area contributed by atoms with Gasteiger partial charge in [-0.05, 0) is 0 Å². The fourth-order valence-electron chi connectivity index (χ4n) is 0. The summed E-state index contributed by atoms with van der Waals surface area (Å²) in [6.07, 6.45) is 0. The second kappa shape index (κ2) is 8.81. The van der Waals surface area contributed by atoms with Crippen LogP contribution >= 0.6 is 15.6 Å². The number of hydrogen-bond donors (Lipinski definition) is 0. The largest absolute Gasteiger partial charge is 2.00 e. The maximum Gasteiger partial charge on any atom is 2.00 e. The number of hydrogen-bond acceptors (Lipinski definition) is 8. The SMILES string of the molecule is O=P([O-])([O-])[O-].O=P([O-])([O-])[O-].[Co+2].[Co+2]. The Morgan fingerprint density at radius 3 is 0.583 bits per heavy atom. The summed E-state index contributed by atoms with van der Waals surface area (Å²) in [6.45, 7) is 0. The van der Waals surface area contributed by atoms with Crippen LogP contribution in [0.2, 0.25) is 0 Å². The molecular formula is Co2O8P2-2. The summed E-state index contributed by atoms with van der Waals surface area (Å²) in [5.41, 5.74) is 0. The van der Waals surface area contributed by atoms with Gasteiger partial charge in [0.05, 0.1) is 0 Å². The van der Waals surface area contributed by atoms with Crippen molar-refractivity contribution >= 4 is 15.6 Å². The van der Waals surface area contributed by atoms with E-state index in [1.165, 1.54) is 0 Å². The molecule has 0 aromatic rings. The standard InChI is InChI=1S/2Co.2H3O4P/c;;2*1-5(2,3)4/h;;2*(H3,1,2,3,4)/q2*+2;;/p-6. The summed E-state index contributed by atoms with van der Waals surface area (Å²) in [5, 5.41) is 0. The van der Waals surface area contributed by atoms with Crippen molar-refractivity contribution in [2.45, 2.75) is 0 Å². The van der Waals surface area contributed by atoms with Crippen LogP contribution < -0.4 is 29.4 Å². The Morgan fingerprint density at radius 1 is 0.583 bits per heavy atom. The molecule has 0 amide bonds. The molecule has 0 saturated carbocycles. The zero-order valence-electron chi connectivity index (χ0n) is 4.83. The predicted octanol–water partition coefficient (Wildman–Crippen LogP) is -5.65. The monoisotopic (exact) mass is 308 g/mol. The molecule has 0 spiro atoms. The van der Waals surface area contributed by atoms with Gasteiger partial charge in [0.2, 0.25) is 0 Å². The van der Waals surface area contributed by atoms with Crippen LogP contribution in [0.25, 0.3) is 0 Å².